The molecule has 0 saturated carbocycles. The van der Waals surface area contributed by atoms with Crippen LogP contribution in [-0.2, 0) is 0 Å². The van der Waals surface area contributed by atoms with E-state index in [1.807, 2.05) is 42.5 Å². The Morgan fingerprint density at radius 3 is 2.48 bits per heavy atom. The first-order valence-corrected chi connectivity index (χ1v) is 7.68. The van der Waals surface area contributed by atoms with E-state index in [9.17, 15) is 0 Å². The van der Waals surface area contributed by atoms with Crippen molar-refractivity contribution in [3.63, 3.8) is 0 Å². The van der Waals surface area contributed by atoms with Gasteiger partial charge in [-0.25, -0.2) is 0 Å². The molecule has 2 aromatic rings. The van der Waals surface area contributed by atoms with Crippen LogP contribution in [0.1, 0.15) is 12.8 Å². The number of rotatable bonds is 5. The molecular formula is C18H22N2O. The first-order chi connectivity index (χ1) is 10.4. The quantitative estimate of drug-likeness (QED) is 0.873. The minimum atomic E-state index is 0.735. The van der Waals surface area contributed by atoms with Gasteiger partial charge in [-0.2, -0.15) is 0 Å². The fourth-order valence-electron chi connectivity index (χ4n) is 2.63. The second kappa shape index (κ2) is 7.14. The fraction of sp³-hybridized carbons (Fsp3) is 0.333. The number of anilines is 1. The summed E-state index contributed by atoms with van der Waals surface area (Å²) in [6, 6.07) is 18.0. The molecule has 0 aromatic heterocycles. The van der Waals surface area contributed by atoms with Gasteiger partial charge in [-0.1, -0.05) is 18.2 Å². The predicted molar refractivity (Wildman–Crippen MR) is 87.0 cm³/mol. The van der Waals surface area contributed by atoms with Gasteiger partial charge in [0.2, 0.25) is 0 Å². The molecule has 1 atom stereocenters. The zero-order valence-electron chi connectivity index (χ0n) is 12.2. The van der Waals surface area contributed by atoms with Crippen molar-refractivity contribution in [2.75, 3.05) is 25.0 Å². The maximum atomic E-state index is 5.79. The van der Waals surface area contributed by atoms with Gasteiger partial charge < -0.3 is 15.4 Å². The number of hydrogen-bond donors (Lipinski definition) is 2. The lowest BCUT2D eigenvalue weighted by Crippen LogP contribution is -2.33. The summed E-state index contributed by atoms with van der Waals surface area (Å²) in [6.07, 6.45) is 2.60. The number of hydrogen-bond acceptors (Lipinski definition) is 3. The van der Waals surface area contributed by atoms with E-state index in [4.69, 9.17) is 4.74 Å². The molecule has 0 aliphatic carbocycles. The standard InChI is InChI=1S/C18H22N2O/c1-2-6-17(7-3-1)21-18-10-8-16(9-11-18)20-14-15-5-4-12-19-13-15/h1-3,6-11,15,19-20H,4-5,12-14H2. The van der Waals surface area contributed by atoms with Crippen LogP contribution in [0.25, 0.3) is 0 Å². The van der Waals surface area contributed by atoms with Crippen molar-refractivity contribution in [2.24, 2.45) is 5.92 Å². The Balaban J connectivity index is 1.51. The Morgan fingerprint density at radius 2 is 1.76 bits per heavy atom. The summed E-state index contributed by atoms with van der Waals surface area (Å²) in [5, 5.41) is 6.96. The molecule has 3 nitrogen and oxygen atoms in total. The second-order valence-corrected chi connectivity index (χ2v) is 5.53. The first-order valence-electron chi connectivity index (χ1n) is 7.68. The average Bonchev–Trinajstić information content (AvgIpc) is 2.56. The molecule has 2 N–H and O–H groups in total. The highest BCUT2D eigenvalue weighted by Gasteiger charge is 2.12. The monoisotopic (exact) mass is 282 g/mol. The molecule has 3 heteroatoms. The summed E-state index contributed by atoms with van der Waals surface area (Å²) < 4.78 is 5.79. The molecule has 2 aromatic carbocycles. The third-order valence-electron chi connectivity index (χ3n) is 3.83. The number of piperidine rings is 1. The number of ether oxygens (including phenoxy) is 1. The van der Waals surface area contributed by atoms with Gasteiger partial charge in [0.15, 0.2) is 0 Å². The number of para-hydroxylation sites is 1. The van der Waals surface area contributed by atoms with Gasteiger partial charge in [0.05, 0.1) is 0 Å². The van der Waals surface area contributed by atoms with Crippen LogP contribution in [0.15, 0.2) is 54.6 Å². The largest absolute Gasteiger partial charge is 0.457 e. The van der Waals surface area contributed by atoms with Crippen LogP contribution in [0.2, 0.25) is 0 Å². The summed E-state index contributed by atoms with van der Waals surface area (Å²) in [7, 11) is 0. The Hall–Kier alpha value is -2.00. The van der Waals surface area contributed by atoms with Crippen LogP contribution < -0.4 is 15.4 Å². The Labute approximate surface area is 126 Å². The number of nitrogens with one attached hydrogen (secondary N) is 2. The molecule has 21 heavy (non-hydrogen) atoms. The maximum Gasteiger partial charge on any atom is 0.127 e. The molecule has 0 bridgehead atoms. The summed E-state index contributed by atoms with van der Waals surface area (Å²) in [6.45, 7) is 3.33. The maximum absolute atomic E-state index is 5.79. The third-order valence-corrected chi connectivity index (χ3v) is 3.83. The lowest BCUT2D eigenvalue weighted by Gasteiger charge is -2.23. The van der Waals surface area contributed by atoms with Crippen LogP contribution in [0.4, 0.5) is 5.69 Å². The molecule has 1 heterocycles. The Kier molecular flexibility index (Phi) is 4.74. The third kappa shape index (κ3) is 4.23. The minimum absolute atomic E-state index is 0.735. The normalized spacial score (nSPS) is 18.2. The van der Waals surface area contributed by atoms with Crippen LogP contribution in [0.5, 0.6) is 11.5 Å². The van der Waals surface area contributed by atoms with E-state index >= 15 is 0 Å². The first kappa shape index (κ1) is 14.0. The van der Waals surface area contributed by atoms with E-state index < -0.39 is 0 Å². The van der Waals surface area contributed by atoms with Crippen molar-refractivity contribution in [1.82, 2.24) is 5.32 Å². The van der Waals surface area contributed by atoms with Crippen molar-refractivity contribution < 1.29 is 4.74 Å². The summed E-state index contributed by atoms with van der Waals surface area (Å²) in [5.74, 6) is 2.47. The zero-order chi connectivity index (χ0) is 14.3. The molecule has 1 fully saturated rings. The van der Waals surface area contributed by atoms with E-state index in [0.29, 0.717) is 0 Å². The molecule has 1 saturated heterocycles. The summed E-state index contributed by atoms with van der Waals surface area (Å²) >= 11 is 0. The van der Waals surface area contributed by atoms with Gasteiger partial charge in [-0.05, 0) is 68.2 Å². The van der Waals surface area contributed by atoms with E-state index in [2.05, 4.69) is 22.8 Å². The van der Waals surface area contributed by atoms with Crippen molar-refractivity contribution in [3.05, 3.63) is 54.6 Å². The van der Waals surface area contributed by atoms with E-state index in [-0.39, 0.29) is 0 Å². The molecule has 3 rings (SSSR count). The van der Waals surface area contributed by atoms with E-state index in [0.717, 1.165) is 36.2 Å². The van der Waals surface area contributed by atoms with E-state index in [1.165, 1.54) is 19.4 Å². The molecule has 1 aliphatic heterocycles. The second-order valence-electron chi connectivity index (χ2n) is 5.53. The molecule has 0 radical (unpaired) electrons. The molecular weight excluding hydrogens is 260 g/mol. The van der Waals surface area contributed by atoms with Gasteiger partial charge in [-0.15, -0.1) is 0 Å². The summed E-state index contributed by atoms with van der Waals surface area (Å²) in [4.78, 5) is 0. The highest BCUT2D eigenvalue weighted by atomic mass is 16.5. The van der Waals surface area contributed by atoms with E-state index in [1.54, 1.807) is 0 Å². The zero-order valence-corrected chi connectivity index (χ0v) is 12.2. The van der Waals surface area contributed by atoms with Gasteiger partial charge >= 0.3 is 0 Å². The Bertz CT molecular complexity index is 533. The SMILES string of the molecule is c1ccc(Oc2ccc(NCC3CCCNC3)cc2)cc1. The van der Waals surface area contributed by atoms with Gasteiger partial charge in [0.25, 0.3) is 0 Å². The predicted octanol–water partition coefficient (Wildman–Crippen LogP) is 3.89. The van der Waals surface area contributed by atoms with Gasteiger partial charge in [0, 0.05) is 12.2 Å². The molecule has 110 valence electrons. The smallest absolute Gasteiger partial charge is 0.127 e. The lowest BCUT2D eigenvalue weighted by molar-refractivity contribution is 0.393. The highest BCUT2D eigenvalue weighted by Crippen LogP contribution is 2.23. The van der Waals surface area contributed by atoms with Gasteiger partial charge in [0.1, 0.15) is 11.5 Å². The average molecular weight is 282 g/mol. The summed E-state index contributed by atoms with van der Waals surface area (Å²) in [5.41, 5.74) is 1.15. The fourth-order valence-corrected chi connectivity index (χ4v) is 2.63. The molecule has 1 unspecified atom stereocenters. The highest BCUT2D eigenvalue weighted by molar-refractivity contribution is 5.47. The Morgan fingerprint density at radius 1 is 1.00 bits per heavy atom. The van der Waals surface area contributed by atoms with Crippen molar-refractivity contribution in [3.8, 4) is 11.5 Å². The minimum Gasteiger partial charge on any atom is -0.457 e. The van der Waals surface area contributed by atoms with Crippen LogP contribution in [0, 0.1) is 5.92 Å². The molecule has 0 spiro atoms. The number of benzene rings is 2. The van der Waals surface area contributed by atoms with Crippen molar-refractivity contribution in [1.29, 1.82) is 0 Å². The lowest BCUT2D eigenvalue weighted by atomic mass is 10.00. The molecule has 1 aliphatic rings. The van der Waals surface area contributed by atoms with Crippen molar-refractivity contribution >= 4 is 5.69 Å². The molecule has 0 amide bonds. The van der Waals surface area contributed by atoms with Crippen LogP contribution in [-0.4, -0.2) is 19.6 Å². The van der Waals surface area contributed by atoms with Crippen LogP contribution in [0.3, 0.4) is 0 Å². The van der Waals surface area contributed by atoms with Crippen molar-refractivity contribution in [2.45, 2.75) is 12.8 Å². The van der Waals surface area contributed by atoms with Gasteiger partial charge in [-0.3, -0.25) is 0 Å². The van der Waals surface area contributed by atoms with Crippen LogP contribution >= 0.6 is 0 Å². The topological polar surface area (TPSA) is 33.3 Å².